The van der Waals surface area contributed by atoms with Crippen molar-refractivity contribution in [3.63, 3.8) is 0 Å². The summed E-state index contributed by atoms with van der Waals surface area (Å²) in [6.45, 7) is 0. The molecule has 0 spiro atoms. The first-order valence-corrected chi connectivity index (χ1v) is 8.16. The molecular weight excluding hydrogens is 374 g/mol. The van der Waals surface area contributed by atoms with Crippen molar-refractivity contribution >= 4 is 27.8 Å². The van der Waals surface area contributed by atoms with E-state index in [-0.39, 0.29) is 6.42 Å². The molecule has 5 nitrogen and oxygen atoms in total. The molecule has 0 aromatic heterocycles. The summed E-state index contributed by atoms with van der Waals surface area (Å²) in [5, 5.41) is 12.0. The van der Waals surface area contributed by atoms with Gasteiger partial charge in [-0.15, -0.1) is 0 Å². The molecule has 0 aliphatic carbocycles. The Morgan fingerprint density at radius 1 is 1.17 bits per heavy atom. The van der Waals surface area contributed by atoms with Gasteiger partial charge in [0.2, 0.25) is 0 Å². The van der Waals surface area contributed by atoms with E-state index in [1.807, 2.05) is 30.3 Å². The molecule has 0 bridgehead atoms. The number of carboxylic acid groups (broad SMARTS) is 1. The molecule has 0 heterocycles. The highest BCUT2D eigenvalue weighted by Gasteiger charge is 2.26. The van der Waals surface area contributed by atoms with Crippen LogP contribution >= 0.6 is 15.9 Å². The van der Waals surface area contributed by atoms with E-state index in [1.54, 1.807) is 24.3 Å². The van der Waals surface area contributed by atoms with Crippen molar-refractivity contribution in [2.24, 2.45) is 0 Å². The number of halogens is 1. The summed E-state index contributed by atoms with van der Waals surface area (Å²) in [4.78, 5) is 23.9. The van der Waals surface area contributed by atoms with E-state index < -0.39 is 24.0 Å². The Hall–Kier alpha value is -2.18. The van der Waals surface area contributed by atoms with E-state index in [9.17, 15) is 14.7 Å². The number of amides is 1. The summed E-state index contributed by atoms with van der Waals surface area (Å²) >= 11 is 3.35. The third-order valence-corrected chi connectivity index (χ3v) is 4.01. The topological polar surface area (TPSA) is 75.6 Å². The highest BCUT2D eigenvalue weighted by Crippen LogP contribution is 2.17. The number of rotatable bonds is 7. The Labute approximate surface area is 148 Å². The van der Waals surface area contributed by atoms with Gasteiger partial charge in [0.25, 0.3) is 5.91 Å². The molecule has 2 aromatic carbocycles. The van der Waals surface area contributed by atoms with Crippen LogP contribution in [-0.4, -0.2) is 30.1 Å². The number of methoxy groups -OCH3 is 1. The maximum absolute atomic E-state index is 12.4. The van der Waals surface area contributed by atoms with Gasteiger partial charge in [-0.05, 0) is 23.3 Å². The minimum Gasteiger partial charge on any atom is -0.480 e. The Bertz CT molecular complexity index is 705. The summed E-state index contributed by atoms with van der Waals surface area (Å²) < 4.78 is 6.09. The maximum Gasteiger partial charge on any atom is 0.326 e. The second-order valence-electron chi connectivity index (χ2n) is 5.26. The van der Waals surface area contributed by atoms with Gasteiger partial charge in [-0.2, -0.15) is 0 Å². The van der Waals surface area contributed by atoms with E-state index >= 15 is 0 Å². The van der Waals surface area contributed by atoms with Crippen molar-refractivity contribution in [2.75, 3.05) is 7.11 Å². The summed E-state index contributed by atoms with van der Waals surface area (Å²) in [6.07, 6.45) is -0.665. The largest absolute Gasteiger partial charge is 0.480 e. The molecular formula is C18H18BrNO4. The average molecular weight is 392 g/mol. The fourth-order valence-corrected chi connectivity index (χ4v) is 2.82. The molecule has 0 radical (unpaired) electrons. The monoisotopic (exact) mass is 391 g/mol. The van der Waals surface area contributed by atoms with Crippen molar-refractivity contribution in [3.8, 4) is 0 Å². The quantitative estimate of drug-likeness (QED) is 0.760. The standard InChI is InChI=1S/C18H18BrNO4/c1-24-16(13-7-3-2-4-8-13)17(21)20-15(18(22)23)11-12-6-5-9-14(19)10-12/h2-10,15-16H,11H2,1H3,(H,20,21)(H,22,23)/t15-,16-/m0/s1. The van der Waals surface area contributed by atoms with Gasteiger partial charge in [-0.3, -0.25) is 4.79 Å². The van der Waals surface area contributed by atoms with Gasteiger partial charge in [-0.25, -0.2) is 4.79 Å². The molecule has 6 heteroatoms. The molecule has 1 amide bonds. The lowest BCUT2D eigenvalue weighted by Gasteiger charge is -2.20. The molecule has 0 saturated heterocycles. The third kappa shape index (κ3) is 4.91. The number of hydrogen-bond acceptors (Lipinski definition) is 3. The van der Waals surface area contributed by atoms with E-state index in [0.29, 0.717) is 5.56 Å². The van der Waals surface area contributed by atoms with Gasteiger partial charge in [0.15, 0.2) is 6.10 Å². The number of carbonyl (C=O) groups excluding carboxylic acids is 1. The normalized spacial score (nSPS) is 13.1. The Morgan fingerprint density at radius 2 is 1.88 bits per heavy atom. The first kappa shape index (κ1) is 18.2. The average Bonchev–Trinajstić information content (AvgIpc) is 2.56. The molecule has 0 aliphatic rings. The fraction of sp³-hybridized carbons (Fsp3) is 0.222. The number of benzene rings is 2. The first-order valence-electron chi connectivity index (χ1n) is 7.36. The van der Waals surface area contributed by atoms with Crippen LogP contribution in [0.4, 0.5) is 0 Å². The molecule has 2 atom stereocenters. The van der Waals surface area contributed by atoms with Gasteiger partial charge in [0.1, 0.15) is 6.04 Å². The number of carbonyl (C=O) groups is 2. The zero-order chi connectivity index (χ0) is 17.5. The molecule has 0 aliphatic heterocycles. The van der Waals surface area contributed by atoms with Crippen LogP contribution in [0.2, 0.25) is 0 Å². The number of carboxylic acids is 1. The minimum atomic E-state index is -1.09. The lowest BCUT2D eigenvalue weighted by molar-refractivity contribution is -0.144. The second-order valence-corrected chi connectivity index (χ2v) is 6.18. The first-order chi connectivity index (χ1) is 11.5. The highest BCUT2D eigenvalue weighted by atomic mass is 79.9. The van der Waals surface area contributed by atoms with E-state index in [1.165, 1.54) is 7.11 Å². The number of ether oxygens (including phenoxy) is 1. The number of hydrogen-bond donors (Lipinski definition) is 2. The lowest BCUT2D eigenvalue weighted by atomic mass is 10.0. The van der Waals surface area contributed by atoms with E-state index in [4.69, 9.17) is 4.74 Å². The smallest absolute Gasteiger partial charge is 0.326 e. The zero-order valence-corrected chi connectivity index (χ0v) is 14.7. The van der Waals surface area contributed by atoms with Gasteiger partial charge in [-0.1, -0.05) is 58.4 Å². The summed E-state index contributed by atoms with van der Waals surface area (Å²) in [6, 6.07) is 15.2. The molecule has 2 rings (SSSR count). The molecule has 2 N–H and O–H groups in total. The minimum absolute atomic E-state index is 0.186. The van der Waals surface area contributed by atoms with Crippen LogP contribution in [0, 0.1) is 0 Å². The number of aliphatic carboxylic acids is 1. The summed E-state index contributed by atoms with van der Waals surface area (Å²) in [5.74, 6) is -1.57. The second kappa shape index (κ2) is 8.61. The summed E-state index contributed by atoms with van der Waals surface area (Å²) in [7, 11) is 1.42. The van der Waals surface area contributed by atoms with Gasteiger partial charge < -0.3 is 15.2 Å². The van der Waals surface area contributed by atoms with Gasteiger partial charge >= 0.3 is 5.97 Å². The lowest BCUT2D eigenvalue weighted by Crippen LogP contribution is -2.44. The Morgan fingerprint density at radius 3 is 2.46 bits per heavy atom. The van der Waals surface area contributed by atoms with Crippen molar-refractivity contribution < 1.29 is 19.4 Å². The Balaban J connectivity index is 2.11. The van der Waals surface area contributed by atoms with Crippen LogP contribution in [0.25, 0.3) is 0 Å². The molecule has 0 unspecified atom stereocenters. The maximum atomic E-state index is 12.4. The number of nitrogens with one attached hydrogen (secondary N) is 1. The van der Waals surface area contributed by atoms with Crippen LogP contribution in [0.1, 0.15) is 17.2 Å². The summed E-state index contributed by atoms with van der Waals surface area (Å²) in [5.41, 5.74) is 1.48. The predicted molar refractivity (Wildman–Crippen MR) is 93.6 cm³/mol. The molecule has 126 valence electrons. The van der Waals surface area contributed by atoms with Crippen LogP contribution in [0.3, 0.4) is 0 Å². The molecule has 24 heavy (non-hydrogen) atoms. The van der Waals surface area contributed by atoms with E-state index in [0.717, 1.165) is 10.0 Å². The molecule has 0 saturated carbocycles. The van der Waals surface area contributed by atoms with E-state index in [2.05, 4.69) is 21.2 Å². The van der Waals surface area contributed by atoms with Crippen molar-refractivity contribution in [1.29, 1.82) is 0 Å². The highest BCUT2D eigenvalue weighted by molar-refractivity contribution is 9.10. The van der Waals surface area contributed by atoms with Crippen molar-refractivity contribution in [1.82, 2.24) is 5.32 Å². The Kier molecular flexibility index (Phi) is 6.52. The fourth-order valence-electron chi connectivity index (χ4n) is 2.37. The van der Waals surface area contributed by atoms with Crippen LogP contribution in [0.5, 0.6) is 0 Å². The molecule has 2 aromatic rings. The van der Waals surface area contributed by atoms with Gasteiger partial charge in [0.05, 0.1) is 0 Å². The van der Waals surface area contributed by atoms with Crippen molar-refractivity contribution in [2.45, 2.75) is 18.6 Å². The van der Waals surface area contributed by atoms with Gasteiger partial charge in [0, 0.05) is 18.0 Å². The third-order valence-electron chi connectivity index (χ3n) is 3.52. The zero-order valence-electron chi connectivity index (χ0n) is 13.1. The van der Waals surface area contributed by atoms with Crippen molar-refractivity contribution in [3.05, 3.63) is 70.2 Å². The van der Waals surface area contributed by atoms with Crippen LogP contribution in [-0.2, 0) is 20.7 Å². The SMILES string of the molecule is CO[C@H](C(=O)N[C@@H](Cc1cccc(Br)c1)C(=O)O)c1ccccc1. The predicted octanol–water partition coefficient (Wildman–Crippen LogP) is 2.95. The van der Waals surface area contributed by atoms with Crippen LogP contribution < -0.4 is 5.32 Å². The molecule has 0 fully saturated rings. The van der Waals surface area contributed by atoms with Crippen LogP contribution in [0.15, 0.2) is 59.1 Å².